The molecule has 2 aromatic rings. The maximum atomic E-state index is 13.1. The Hall–Kier alpha value is -2.35. The number of aryl methyl sites for hydroxylation is 1. The van der Waals surface area contributed by atoms with Crippen LogP contribution in [0.25, 0.3) is 0 Å². The van der Waals surface area contributed by atoms with E-state index < -0.39 is 11.7 Å². The second-order valence-corrected chi connectivity index (χ2v) is 7.99. The number of amides is 1. The van der Waals surface area contributed by atoms with E-state index in [1.54, 1.807) is 24.0 Å². The van der Waals surface area contributed by atoms with Crippen molar-refractivity contribution in [3.05, 3.63) is 52.4 Å². The Morgan fingerprint density at radius 3 is 2.72 bits per heavy atom. The highest BCUT2D eigenvalue weighted by Gasteiger charge is 2.47. The van der Waals surface area contributed by atoms with Crippen LogP contribution in [0, 0.1) is 18.8 Å². The zero-order valence-electron chi connectivity index (χ0n) is 15.6. The number of fused-ring (bicyclic) bond motifs is 1. The molecule has 0 radical (unpaired) electrons. The highest BCUT2D eigenvalue weighted by Crippen LogP contribution is 2.47. The third-order valence-electron chi connectivity index (χ3n) is 5.45. The molecule has 5 nitrogen and oxygen atoms in total. The summed E-state index contributed by atoms with van der Waals surface area (Å²) in [6, 6.07) is 5.30. The average molecular weight is 426 g/mol. The number of piperidine rings is 1. The summed E-state index contributed by atoms with van der Waals surface area (Å²) < 4.78 is 43.6. The van der Waals surface area contributed by atoms with Crippen LogP contribution in [0.2, 0.25) is 5.02 Å². The van der Waals surface area contributed by atoms with Gasteiger partial charge >= 0.3 is 6.18 Å². The molecular weight excluding hydrogens is 407 g/mol. The van der Waals surface area contributed by atoms with Crippen molar-refractivity contribution in [3.63, 3.8) is 0 Å². The van der Waals surface area contributed by atoms with Crippen molar-refractivity contribution in [1.29, 1.82) is 0 Å². The van der Waals surface area contributed by atoms with Crippen LogP contribution in [0.1, 0.15) is 34.6 Å². The molecule has 0 unspecified atom stereocenters. The van der Waals surface area contributed by atoms with E-state index in [4.69, 9.17) is 16.3 Å². The molecule has 1 saturated carbocycles. The van der Waals surface area contributed by atoms with Crippen LogP contribution in [-0.4, -0.2) is 40.0 Å². The Morgan fingerprint density at radius 2 is 2.03 bits per heavy atom. The standard InChI is InChI=1S/C20H19ClF3N3O2/c1-11-2-4-16(21)18(26-11)19(28)27-9-13-6-12(13)7-15(27)10-29-17-5-3-14(8-25-17)20(22,23)24/h2-5,8,12-13,15H,6-7,9-10H2,1H3/t12-,13+,15+/m1/s1. The molecule has 29 heavy (non-hydrogen) atoms. The highest BCUT2D eigenvalue weighted by molar-refractivity contribution is 6.33. The van der Waals surface area contributed by atoms with E-state index in [2.05, 4.69) is 9.97 Å². The van der Waals surface area contributed by atoms with Crippen molar-refractivity contribution < 1.29 is 22.7 Å². The maximum absolute atomic E-state index is 13.1. The van der Waals surface area contributed by atoms with Crippen molar-refractivity contribution in [2.24, 2.45) is 11.8 Å². The SMILES string of the molecule is Cc1ccc(Cl)c(C(=O)N2C[C@@H]3C[C@@H]3C[C@H]2COc2ccc(C(F)(F)F)cn2)n1. The number of hydrogen-bond donors (Lipinski definition) is 0. The Balaban J connectivity index is 1.48. The zero-order chi connectivity index (χ0) is 20.8. The first-order valence-corrected chi connectivity index (χ1v) is 9.70. The lowest BCUT2D eigenvalue weighted by molar-refractivity contribution is -0.137. The van der Waals surface area contributed by atoms with Gasteiger partial charge in [0, 0.05) is 24.5 Å². The predicted molar refractivity (Wildman–Crippen MR) is 99.8 cm³/mol. The number of carbonyl (C=O) groups is 1. The summed E-state index contributed by atoms with van der Waals surface area (Å²) in [6.07, 6.45) is -1.86. The van der Waals surface area contributed by atoms with E-state index in [-0.39, 0.29) is 30.1 Å². The lowest BCUT2D eigenvalue weighted by atomic mass is 10.0. The molecule has 2 aliphatic rings. The average Bonchev–Trinajstić information content (AvgIpc) is 3.45. The third kappa shape index (κ3) is 4.32. The number of ether oxygens (including phenoxy) is 1. The van der Waals surface area contributed by atoms with Gasteiger partial charge in [0.05, 0.1) is 16.6 Å². The number of pyridine rings is 2. The summed E-state index contributed by atoms with van der Waals surface area (Å²) >= 11 is 6.19. The fraction of sp³-hybridized carbons (Fsp3) is 0.450. The number of alkyl halides is 3. The van der Waals surface area contributed by atoms with Crippen LogP contribution in [0.4, 0.5) is 13.2 Å². The minimum absolute atomic E-state index is 0.0926. The lowest BCUT2D eigenvalue weighted by Gasteiger charge is -2.35. The van der Waals surface area contributed by atoms with Crippen LogP contribution >= 0.6 is 11.6 Å². The minimum Gasteiger partial charge on any atom is -0.475 e. The molecule has 9 heteroatoms. The van der Waals surface area contributed by atoms with Gasteiger partial charge in [-0.25, -0.2) is 9.97 Å². The van der Waals surface area contributed by atoms with Gasteiger partial charge in [0.25, 0.3) is 5.91 Å². The largest absolute Gasteiger partial charge is 0.475 e. The molecule has 2 fully saturated rings. The fourth-order valence-electron chi connectivity index (χ4n) is 3.75. The number of hydrogen-bond acceptors (Lipinski definition) is 4. The van der Waals surface area contributed by atoms with E-state index >= 15 is 0 Å². The van der Waals surface area contributed by atoms with Crippen LogP contribution in [0.3, 0.4) is 0 Å². The monoisotopic (exact) mass is 425 g/mol. The van der Waals surface area contributed by atoms with Gasteiger partial charge in [-0.15, -0.1) is 0 Å². The minimum atomic E-state index is -4.45. The number of nitrogens with zero attached hydrogens (tertiary/aromatic N) is 3. The van der Waals surface area contributed by atoms with Gasteiger partial charge in [0.15, 0.2) is 0 Å². The fourth-order valence-corrected chi connectivity index (χ4v) is 3.93. The molecule has 1 amide bonds. The smallest absolute Gasteiger partial charge is 0.417 e. The van der Waals surface area contributed by atoms with Gasteiger partial charge in [-0.2, -0.15) is 13.2 Å². The quantitative estimate of drug-likeness (QED) is 0.729. The normalized spacial score (nSPS) is 23.5. The van der Waals surface area contributed by atoms with Crippen molar-refractivity contribution in [2.45, 2.75) is 32.0 Å². The first-order valence-electron chi connectivity index (χ1n) is 9.32. The van der Waals surface area contributed by atoms with Crippen LogP contribution in [0.5, 0.6) is 5.88 Å². The number of halogens is 4. The summed E-state index contributed by atoms with van der Waals surface area (Å²) in [4.78, 5) is 22.8. The first-order chi connectivity index (χ1) is 13.7. The summed E-state index contributed by atoms with van der Waals surface area (Å²) in [5.41, 5.74) is 0.0736. The predicted octanol–water partition coefficient (Wildman–Crippen LogP) is 4.39. The topological polar surface area (TPSA) is 55.3 Å². The molecule has 0 bridgehead atoms. The summed E-state index contributed by atoms with van der Waals surface area (Å²) in [5.74, 6) is 0.866. The molecule has 4 rings (SSSR count). The van der Waals surface area contributed by atoms with Gasteiger partial charge in [0.1, 0.15) is 12.3 Å². The first kappa shape index (κ1) is 19.9. The van der Waals surface area contributed by atoms with Crippen molar-refractivity contribution in [2.75, 3.05) is 13.2 Å². The van der Waals surface area contributed by atoms with Crippen LogP contribution in [0.15, 0.2) is 30.5 Å². The number of carbonyl (C=O) groups excluding carboxylic acids is 1. The Bertz CT molecular complexity index is 920. The van der Waals surface area contributed by atoms with Gasteiger partial charge in [-0.3, -0.25) is 4.79 Å². The highest BCUT2D eigenvalue weighted by atomic mass is 35.5. The molecule has 2 aromatic heterocycles. The number of aromatic nitrogens is 2. The van der Waals surface area contributed by atoms with Gasteiger partial charge in [0.2, 0.25) is 5.88 Å². The molecule has 1 aliphatic heterocycles. The van der Waals surface area contributed by atoms with E-state index in [0.29, 0.717) is 29.1 Å². The second-order valence-electron chi connectivity index (χ2n) is 7.58. The molecule has 0 spiro atoms. The second kappa shape index (κ2) is 7.48. The third-order valence-corrected chi connectivity index (χ3v) is 5.76. The maximum Gasteiger partial charge on any atom is 0.417 e. The number of rotatable bonds is 4. The Morgan fingerprint density at radius 1 is 1.24 bits per heavy atom. The van der Waals surface area contributed by atoms with Gasteiger partial charge < -0.3 is 9.64 Å². The van der Waals surface area contributed by atoms with Crippen molar-refractivity contribution in [3.8, 4) is 5.88 Å². The van der Waals surface area contributed by atoms with Gasteiger partial charge in [-0.1, -0.05) is 11.6 Å². The van der Waals surface area contributed by atoms with E-state index in [1.165, 1.54) is 6.07 Å². The molecule has 3 atom stereocenters. The zero-order valence-corrected chi connectivity index (χ0v) is 16.4. The molecule has 1 aliphatic carbocycles. The van der Waals surface area contributed by atoms with E-state index in [9.17, 15) is 18.0 Å². The van der Waals surface area contributed by atoms with E-state index in [1.807, 2.05) is 0 Å². The van der Waals surface area contributed by atoms with Crippen molar-refractivity contribution >= 4 is 17.5 Å². The molecule has 0 N–H and O–H groups in total. The molecule has 1 saturated heterocycles. The van der Waals surface area contributed by atoms with Gasteiger partial charge in [-0.05, 0) is 49.8 Å². The Labute approximate surface area is 170 Å². The summed E-state index contributed by atoms with van der Waals surface area (Å²) in [7, 11) is 0. The molecule has 3 heterocycles. The molecule has 0 aromatic carbocycles. The summed E-state index contributed by atoms with van der Waals surface area (Å²) in [6.45, 7) is 2.54. The van der Waals surface area contributed by atoms with Crippen LogP contribution < -0.4 is 4.74 Å². The van der Waals surface area contributed by atoms with E-state index in [0.717, 1.165) is 25.1 Å². The van der Waals surface area contributed by atoms with Crippen molar-refractivity contribution in [1.82, 2.24) is 14.9 Å². The summed E-state index contributed by atoms with van der Waals surface area (Å²) in [5, 5.41) is 0.294. The molecular formula is C20H19ClF3N3O2. The molecule has 154 valence electrons. The lowest BCUT2D eigenvalue weighted by Crippen LogP contribution is -2.48. The number of likely N-dealkylation sites (tertiary alicyclic amines) is 1. The van der Waals surface area contributed by atoms with Crippen LogP contribution in [-0.2, 0) is 6.18 Å². The Kier molecular flexibility index (Phi) is 5.14.